The first-order valence-electron chi connectivity index (χ1n) is 8.71. The number of allylic oxidation sites excluding steroid dienone is 2. The highest BCUT2D eigenvalue weighted by molar-refractivity contribution is 6.02. The zero-order valence-corrected chi connectivity index (χ0v) is 15.1. The molecule has 1 aliphatic rings. The monoisotopic (exact) mass is 400 g/mol. The SMILES string of the molecule is CCCCCC1=CCC/C1=N/Nc1c([N+](=O)[O-])cc(C(F)(F)F)cc1[N+](=O)[O-]. The molecule has 0 saturated heterocycles. The number of hydrogen-bond donors (Lipinski definition) is 1. The molecule has 0 aromatic heterocycles. The first-order valence-corrected chi connectivity index (χ1v) is 8.71. The molecule has 0 radical (unpaired) electrons. The predicted molar refractivity (Wildman–Crippen MR) is 97.3 cm³/mol. The molecular weight excluding hydrogens is 381 g/mol. The molecule has 0 saturated carbocycles. The van der Waals surface area contributed by atoms with Crippen LogP contribution >= 0.6 is 0 Å². The van der Waals surface area contributed by atoms with Crippen molar-refractivity contribution in [2.24, 2.45) is 5.10 Å². The molecule has 152 valence electrons. The average molecular weight is 400 g/mol. The number of nitrogens with one attached hydrogen (secondary N) is 1. The van der Waals surface area contributed by atoms with Crippen LogP contribution in [0.4, 0.5) is 30.2 Å². The van der Waals surface area contributed by atoms with Crippen molar-refractivity contribution < 1.29 is 23.0 Å². The van der Waals surface area contributed by atoms with Crippen molar-refractivity contribution in [1.82, 2.24) is 0 Å². The Morgan fingerprint density at radius 3 is 2.25 bits per heavy atom. The summed E-state index contributed by atoms with van der Waals surface area (Å²) in [5, 5.41) is 26.5. The van der Waals surface area contributed by atoms with Gasteiger partial charge in [0, 0.05) is 12.1 Å². The van der Waals surface area contributed by atoms with E-state index in [1.165, 1.54) is 0 Å². The van der Waals surface area contributed by atoms with Gasteiger partial charge in [0.05, 0.1) is 21.1 Å². The summed E-state index contributed by atoms with van der Waals surface area (Å²) >= 11 is 0. The van der Waals surface area contributed by atoms with Gasteiger partial charge in [0.25, 0.3) is 0 Å². The fraction of sp³-hybridized carbons (Fsp3) is 0.471. The lowest BCUT2D eigenvalue weighted by molar-refractivity contribution is -0.392. The minimum Gasteiger partial charge on any atom is -0.266 e. The van der Waals surface area contributed by atoms with E-state index < -0.39 is 38.6 Å². The topological polar surface area (TPSA) is 111 Å². The Morgan fingerprint density at radius 1 is 1.14 bits per heavy atom. The van der Waals surface area contributed by atoms with E-state index >= 15 is 0 Å². The van der Waals surface area contributed by atoms with Crippen LogP contribution < -0.4 is 5.43 Å². The van der Waals surface area contributed by atoms with Crippen molar-refractivity contribution in [2.45, 2.75) is 51.6 Å². The Hall–Kier alpha value is -2.98. The van der Waals surface area contributed by atoms with Crippen molar-refractivity contribution in [3.63, 3.8) is 0 Å². The van der Waals surface area contributed by atoms with Gasteiger partial charge in [-0.2, -0.15) is 18.3 Å². The summed E-state index contributed by atoms with van der Waals surface area (Å²) in [6.45, 7) is 2.06. The third-order valence-corrected chi connectivity index (χ3v) is 4.31. The van der Waals surface area contributed by atoms with Gasteiger partial charge in [0.1, 0.15) is 0 Å². The molecule has 28 heavy (non-hydrogen) atoms. The first kappa shape index (κ1) is 21.3. The molecule has 0 bridgehead atoms. The lowest BCUT2D eigenvalue weighted by atomic mass is 10.1. The molecule has 11 heteroatoms. The van der Waals surface area contributed by atoms with Gasteiger partial charge in [-0.25, -0.2) is 0 Å². The Morgan fingerprint density at radius 2 is 1.75 bits per heavy atom. The molecule has 0 aliphatic heterocycles. The fourth-order valence-corrected chi connectivity index (χ4v) is 2.90. The number of hydrazone groups is 1. The van der Waals surface area contributed by atoms with Crippen LogP contribution in [0.1, 0.15) is 51.0 Å². The molecule has 0 amide bonds. The van der Waals surface area contributed by atoms with E-state index in [4.69, 9.17) is 0 Å². The molecule has 1 aromatic carbocycles. The number of nitrogens with zero attached hydrogens (tertiary/aromatic N) is 3. The zero-order chi connectivity index (χ0) is 20.9. The van der Waals surface area contributed by atoms with Crippen LogP contribution in [0.2, 0.25) is 0 Å². The second-order valence-corrected chi connectivity index (χ2v) is 6.30. The highest BCUT2D eigenvalue weighted by Gasteiger charge is 2.37. The lowest BCUT2D eigenvalue weighted by Gasteiger charge is -2.10. The van der Waals surface area contributed by atoms with Gasteiger partial charge in [0.15, 0.2) is 0 Å². The summed E-state index contributed by atoms with van der Waals surface area (Å²) in [6, 6.07) is 0.532. The maximum Gasteiger partial charge on any atom is 0.416 e. The molecule has 0 heterocycles. The third-order valence-electron chi connectivity index (χ3n) is 4.31. The summed E-state index contributed by atoms with van der Waals surface area (Å²) in [5.74, 6) is 0. The number of anilines is 1. The first-order chi connectivity index (χ1) is 13.1. The van der Waals surface area contributed by atoms with Crippen molar-refractivity contribution in [3.8, 4) is 0 Å². The molecule has 0 atom stereocenters. The number of alkyl halides is 3. The summed E-state index contributed by atoms with van der Waals surface area (Å²) < 4.78 is 38.8. The standard InChI is InChI=1S/C17H19F3N4O4/c1-2-3-4-6-11-7-5-8-13(11)21-22-16-14(23(25)26)9-12(17(18,19)20)10-15(16)24(27)28/h7,9-10,22H,2-6,8H2,1H3/b21-13-. The zero-order valence-electron chi connectivity index (χ0n) is 15.1. The number of halogens is 3. The lowest BCUT2D eigenvalue weighted by Crippen LogP contribution is -2.10. The minimum absolute atomic E-state index is 0.266. The number of benzene rings is 1. The van der Waals surface area contributed by atoms with Crippen LogP contribution in [0.5, 0.6) is 0 Å². The van der Waals surface area contributed by atoms with E-state index in [0.717, 1.165) is 37.7 Å². The van der Waals surface area contributed by atoms with E-state index in [-0.39, 0.29) is 12.1 Å². The molecule has 1 aliphatic carbocycles. The van der Waals surface area contributed by atoms with Gasteiger partial charge in [-0.05, 0) is 31.3 Å². The maximum atomic E-state index is 12.9. The van der Waals surface area contributed by atoms with Crippen molar-refractivity contribution in [2.75, 3.05) is 5.43 Å². The molecule has 8 nitrogen and oxygen atoms in total. The normalized spacial score (nSPS) is 15.6. The van der Waals surface area contributed by atoms with Gasteiger partial charge < -0.3 is 0 Å². The van der Waals surface area contributed by atoms with Crippen LogP contribution in [0.15, 0.2) is 28.9 Å². The second-order valence-electron chi connectivity index (χ2n) is 6.30. The predicted octanol–water partition coefficient (Wildman–Crippen LogP) is 5.59. The Kier molecular flexibility index (Phi) is 6.71. The Balaban J connectivity index is 2.40. The van der Waals surface area contributed by atoms with Crippen molar-refractivity contribution in [1.29, 1.82) is 0 Å². The second kappa shape index (κ2) is 8.81. The molecule has 1 aromatic rings. The van der Waals surface area contributed by atoms with Crippen molar-refractivity contribution in [3.05, 3.63) is 49.6 Å². The van der Waals surface area contributed by atoms with Gasteiger partial charge in [-0.15, -0.1) is 0 Å². The number of hydrogen-bond acceptors (Lipinski definition) is 6. The van der Waals surface area contributed by atoms with Gasteiger partial charge in [-0.1, -0.05) is 25.8 Å². The van der Waals surface area contributed by atoms with E-state index in [1.807, 2.05) is 6.08 Å². The maximum absolute atomic E-state index is 12.9. The average Bonchev–Trinajstić information content (AvgIpc) is 3.05. The quantitative estimate of drug-likeness (QED) is 0.347. The highest BCUT2D eigenvalue weighted by atomic mass is 19.4. The molecule has 0 unspecified atom stereocenters. The molecular formula is C17H19F3N4O4. The Labute approximate surface area is 158 Å². The minimum atomic E-state index is -4.96. The number of rotatable bonds is 8. The molecule has 0 fully saturated rings. The summed E-state index contributed by atoms with van der Waals surface area (Å²) in [5.41, 5.74) is -0.427. The smallest absolute Gasteiger partial charge is 0.266 e. The van der Waals surface area contributed by atoms with Crippen LogP contribution in [-0.4, -0.2) is 15.6 Å². The fourth-order valence-electron chi connectivity index (χ4n) is 2.90. The summed E-state index contributed by atoms with van der Waals surface area (Å²) in [4.78, 5) is 20.3. The van der Waals surface area contributed by atoms with Crippen LogP contribution in [-0.2, 0) is 6.18 Å². The Bertz CT molecular complexity index is 799. The largest absolute Gasteiger partial charge is 0.416 e. The third kappa shape index (κ3) is 5.05. The van der Waals surface area contributed by atoms with Crippen molar-refractivity contribution >= 4 is 22.8 Å². The van der Waals surface area contributed by atoms with Gasteiger partial charge in [0.2, 0.25) is 5.69 Å². The van der Waals surface area contributed by atoms with E-state index in [1.54, 1.807) is 0 Å². The van der Waals surface area contributed by atoms with Crippen LogP contribution in [0, 0.1) is 20.2 Å². The number of nitro groups is 2. The number of unbranched alkanes of at least 4 members (excludes halogenated alkanes) is 2. The van der Waals surface area contributed by atoms with Gasteiger partial charge >= 0.3 is 17.6 Å². The molecule has 0 spiro atoms. The summed E-state index contributed by atoms with van der Waals surface area (Å²) in [6.07, 6.45) is 2.03. The van der Waals surface area contributed by atoms with Crippen LogP contribution in [0.25, 0.3) is 0 Å². The van der Waals surface area contributed by atoms with E-state index in [0.29, 0.717) is 12.1 Å². The highest BCUT2D eigenvalue weighted by Crippen LogP contribution is 2.41. The molecule has 2 rings (SSSR count). The number of nitro benzene ring substituents is 2. The van der Waals surface area contributed by atoms with Gasteiger partial charge in [-0.3, -0.25) is 25.7 Å². The van der Waals surface area contributed by atoms with Crippen LogP contribution in [0.3, 0.4) is 0 Å². The van der Waals surface area contributed by atoms with E-state index in [9.17, 15) is 33.4 Å². The molecule has 1 N–H and O–H groups in total. The van der Waals surface area contributed by atoms with E-state index in [2.05, 4.69) is 17.5 Å². The summed E-state index contributed by atoms with van der Waals surface area (Å²) in [7, 11) is 0.